The Labute approximate surface area is 157 Å². The maximum Gasteiger partial charge on any atom is 0.255 e. The van der Waals surface area contributed by atoms with Crippen LogP contribution in [0.1, 0.15) is 27.6 Å². The van der Waals surface area contributed by atoms with E-state index in [0.717, 1.165) is 0 Å². The molecule has 0 atom stereocenters. The molecule has 0 aliphatic carbocycles. The van der Waals surface area contributed by atoms with Crippen LogP contribution in [0, 0.1) is 0 Å². The number of carbonyl (C=O) groups is 2. The lowest BCUT2D eigenvalue weighted by atomic mass is 10.1. The van der Waals surface area contributed by atoms with Gasteiger partial charge in [0.1, 0.15) is 5.75 Å². The smallest absolute Gasteiger partial charge is 0.255 e. The van der Waals surface area contributed by atoms with Gasteiger partial charge in [-0.3, -0.25) is 14.6 Å². The van der Waals surface area contributed by atoms with Gasteiger partial charge in [0.25, 0.3) is 11.8 Å². The van der Waals surface area contributed by atoms with Gasteiger partial charge < -0.3 is 14.5 Å². The van der Waals surface area contributed by atoms with Gasteiger partial charge >= 0.3 is 0 Å². The lowest BCUT2D eigenvalue weighted by Gasteiger charge is -2.34. The number of hydrogen-bond acceptors (Lipinski definition) is 4. The van der Waals surface area contributed by atoms with Crippen molar-refractivity contribution in [2.75, 3.05) is 32.8 Å². The fourth-order valence-corrected chi connectivity index (χ4v) is 3.11. The predicted molar refractivity (Wildman–Crippen MR) is 98.7 cm³/mol. The number of ether oxygens (including phenoxy) is 1. The van der Waals surface area contributed by atoms with Crippen LogP contribution in [0.25, 0.3) is 0 Å². The molecular formula is C19H20ClN3O3. The molecule has 0 radical (unpaired) electrons. The first-order valence-electron chi connectivity index (χ1n) is 8.51. The molecule has 1 saturated heterocycles. The molecular weight excluding hydrogens is 354 g/mol. The van der Waals surface area contributed by atoms with Crippen LogP contribution in [0.15, 0.2) is 42.7 Å². The maximum atomic E-state index is 12.7. The van der Waals surface area contributed by atoms with Crippen molar-refractivity contribution in [3.63, 3.8) is 0 Å². The highest BCUT2D eigenvalue weighted by molar-refractivity contribution is 6.32. The number of piperazine rings is 1. The number of carbonyl (C=O) groups excluding carboxylic acids is 2. The van der Waals surface area contributed by atoms with E-state index < -0.39 is 0 Å². The van der Waals surface area contributed by atoms with Crippen LogP contribution < -0.4 is 4.74 Å². The largest absolute Gasteiger partial charge is 0.492 e. The molecule has 2 heterocycles. The minimum Gasteiger partial charge on any atom is -0.492 e. The summed E-state index contributed by atoms with van der Waals surface area (Å²) < 4.78 is 5.39. The van der Waals surface area contributed by atoms with E-state index in [0.29, 0.717) is 54.7 Å². The third kappa shape index (κ3) is 3.96. The number of hydrogen-bond donors (Lipinski definition) is 0. The zero-order valence-corrected chi connectivity index (χ0v) is 15.3. The summed E-state index contributed by atoms with van der Waals surface area (Å²) in [5, 5.41) is 0.420. The van der Waals surface area contributed by atoms with Crippen molar-refractivity contribution < 1.29 is 14.3 Å². The first-order chi connectivity index (χ1) is 12.6. The number of benzene rings is 1. The fraction of sp³-hybridized carbons (Fsp3) is 0.316. The van der Waals surface area contributed by atoms with Gasteiger partial charge in [-0.2, -0.15) is 0 Å². The minimum absolute atomic E-state index is 0.0608. The Morgan fingerprint density at radius 1 is 1.08 bits per heavy atom. The highest BCUT2D eigenvalue weighted by atomic mass is 35.5. The number of amides is 2. The van der Waals surface area contributed by atoms with Crippen molar-refractivity contribution in [1.29, 1.82) is 0 Å². The third-order valence-electron chi connectivity index (χ3n) is 4.24. The second kappa shape index (κ2) is 8.19. The molecule has 6 nitrogen and oxygen atoms in total. The van der Waals surface area contributed by atoms with E-state index in [1.54, 1.807) is 52.5 Å². The van der Waals surface area contributed by atoms with E-state index in [4.69, 9.17) is 16.3 Å². The lowest BCUT2D eigenvalue weighted by Crippen LogP contribution is -2.50. The summed E-state index contributed by atoms with van der Waals surface area (Å²) >= 11 is 6.17. The van der Waals surface area contributed by atoms with Crippen molar-refractivity contribution in [2.45, 2.75) is 6.92 Å². The molecule has 1 aromatic heterocycles. The number of rotatable bonds is 4. The quantitative estimate of drug-likeness (QED) is 0.826. The average molecular weight is 374 g/mol. The molecule has 26 heavy (non-hydrogen) atoms. The van der Waals surface area contributed by atoms with Gasteiger partial charge in [0.2, 0.25) is 0 Å². The van der Waals surface area contributed by atoms with E-state index in [2.05, 4.69) is 4.98 Å². The van der Waals surface area contributed by atoms with Crippen LogP contribution in [-0.4, -0.2) is 59.4 Å². The molecule has 136 valence electrons. The molecule has 0 spiro atoms. The molecule has 0 N–H and O–H groups in total. The van der Waals surface area contributed by atoms with Crippen LogP contribution in [0.2, 0.25) is 5.02 Å². The molecule has 2 aromatic rings. The molecule has 0 saturated carbocycles. The molecule has 1 aromatic carbocycles. The monoisotopic (exact) mass is 373 g/mol. The predicted octanol–water partition coefficient (Wildman–Crippen LogP) is 2.73. The van der Waals surface area contributed by atoms with Gasteiger partial charge in [0.05, 0.1) is 17.2 Å². The average Bonchev–Trinajstić information content (AvgIpc) is 2.69. The standard InChI is InChI=1S/C19H20ClN3O3/c1-2-26-17-6-5-14(12-16(17)20)18(24)22-8-10-23(11-9-22)19(25)15-4-3-7-21-13-15/h3-7,12-13H,2,8-11H2,1H3. The summed E-state index contributed by atoms with van der Waals surface area (Å²) in [6.45, 7) is 4.33. The highest BCUT2D eigenvalue weighted by Crippen LogP contribution is 2.26. The maximum absolute atomic E-state index is 12.7. The van der Waals surface area contributed by atoms with Gasteiger partial charge in [-0.25, -0.2) is 0 Å². The van der Waals surface area contributed by atoms with Crippen LogP contribution in [-0.2, 0) is 0 Å². The lowest BCUT2D eigenvalue weighted by molar-refractivity contribution is 0.0535. The second-order valence-electron chi connectivity index (χ2n) is 5.90. The zero-order chi connectivity index (χ0) is 18.5. The first kappa shape index (κ1) is 18.2. The fourth-order valence-electron chi connectivity index (χ4n) is 2.87. The SMILES string of the molecule is CCOc1ccc(C(=O)N2CCN(C(=O)c3cccnc3)CC2)cc1Cl. The summed E-state index contributed by atoms with van der Waals surface area (Å²) in [5.74, 6) is 0.412. The summed E-state index contributed by atoms with van der Waals surface area (Å²) in [5.41, 5.74) is 1.08. The third-order valence-corrected chi connectivity index (χ3v) is 4.54. The van der Waals surface area contributed by atoms with Gasteiger partial charge in [-0.15, -0.1) is 0 Å². The van der Waals surface area contributed by atoms with Crippen molar-refractivity contribution in [1.82, 2.24) is 14.8 Å². The molecule has 0 bridgehead atoms. The number of aromatic nitrogens is 1. The van der Waals surface area contributed by atoms with Crippen LogP contribution >= 0.6 is 11.6 Å². The Morgan fingerprint density at radius 3 is 2.27 bits per heavy atom. The van der Waals surface area contributed by atoms with E-state index in [1.807, 2.05) is 6.92 Å². The molecule has 7 heteroatoms. The number of nitrogens with zero attached hydrogens (tertiary/aromatic N) is 3. The Morgan fingerprint density at radius 2 is 1.73 bits per heavy atom. The highest BCUT2D eigenvalue weighted by Gasteiger charge is 2.26. The molecule has 0 unspecified atom stereocenters. The summed E-state index contributed by atoms with van der Waals surface area (Å²) in [7, 11) is 0. The molecule has 1 fully saturated rings. The van der Waals surface area contributed by atoms with E-state index >= 15 is 0 Å². The van der Waals surface area contributed by atoms with Gasteiger partial charge in [0, 0.05) is 44.1 Å². The van der Waals surface area contributed by atoms with E-state index in [-0.39, 0.29) is 11.8 Å². The van der Waals surface area contributed by atoms with Crippen molar-refractivity contribution in [2.24, 2.45) is 0 Å². The van der Waals surface area contributed by atoms with Crippen LogP contribution in [0.3, 0.4) is 0 Å². The summed E-state index contributed by atoms with van der Waals surface area (Å²) in [6, 6.07) is 8.53. The first-order valence-corrected chi connectivity index (χ1v) is 8.89. The Bertz CT molecular complexity index is 790. The Balaban J connectivity index is 1.62. The van der Waals surface area contributed by atoms with Crippen molar-refractivity contribution in [3.05, 3.63) is 58.9 Å². The second-order valence-corrected chi connectivity index (χ2v) is 6.31. The van der Waals surface area contributed by atoms with Gasteiger partial charge in [-0.05, 0) is 37.3 Å². The van der Waals surface area contributed by atoms with Gasteiger partial charge in [-0.1, -0.05) is 11.6 Å². The zero-order valence-electron chi connectivity index (χ0n) is 14.5. The molecule has 1 aliphatic rings. The van der Waals surface area contributed by atoms with E-state index in [1.165, 1.54) is 0 Å². The number of halogens is 1. The molecule has 3 rings (SSSR count). The van der Waals surface area contributed by atoms with E-state index in [9.17, 15) is 9.59 Å². The van der Waals surface area contributed by atoms with Crippen molar-refractivity contribution >= 4 is 23.4 Å². The molecule has 1 aliphatic heterocycles. The van der Waals surface area contributed by atoms with Crippen molar-refractivity contribution in [3.8, 4) is 5.75 Å². The normalized spacial score (nSPS) is 14.2. The van der Waals surface area contributed by atoms with Gasteiger partial charge in [0.15, 0.2) is 0 Å². The minimum atomic E-state index is -0.0941. The summed E-state index contributed by atoms with van der Waals surface area (Å²) in [6.07, 6.45) is 3.19. The Kier molecular flexibility index (Phi) is 5.73. The Hall–Kier alpha value is -2.60. The summed E-state index contributed by atoms with van der Waals surface area (Å²) in [4.78, 5) is 32.6. The number of pyridine rings is 1. The van der Waals surface area contributed by atoms with Crippen LogP contribution in [0.5, 0.6) is 5.75 Å². The molecule has 2 amide bonds. The topological polar surface area (TPSA) is 62.7 Å². The van der Waals surface area contributed by atoms with Crippen LogP contribution in [0.4, 0.5) is 0 Å².